The smallest absolute Gasteiger partial charge is 0.245 e. The molecule has 0 aliphatic heterocycles. The Bertz CT molecular complexity index is 459. The van der Waals surface area contributed by atoms with Gasteiger partial charge >= 0.3 is 0 Å². The van der Waals surface area contributed by atoms with Crippen LogP contribution >= 0.6 is 20.2 Å². The van der Waals surface area contributed by atoms with Crippen molar-refractivity contribution in [1.82, 2.24) is 9.34 Å². The fraction of sp³-hybridized carbons (Fsp3) is 0.958. The molecule has 0 aromatic heterocycles. The van der Waals surface area contributed by atoms with Gasteiger partial charge in [0.05, 0.1) is 32.2 Å². The van der Waals surface area contributed by atoms with Crippen LogP contribution in [0.15, 0.2) is 0 Å². The van der Waals surface area contributed by atoms with Crippen LogP contribution in [0.2, 0.25) is 0 Å². The average Bonchev–Trinajstić information content (AvgIpc) is 2.70. The summed E-state index contributed by atoms with van der Waals surface area (Å²) in [6.45, 7) is 29.3. The minimum atomic E-state index is -0.852. The van der Waals surface area contributed by atoms with Gasteiger partial charge in [0.15, 0.2) is 8.45 Å². The van der Waals surface area contributed by atoms with Crippen LogP contribution in [-0.2, 0) is 14.1 Å². The van der Waals surface area contributed by atoms with Crippen molar-refractivity contribution in [3.8, 4) is 0 Å². The summed E-state index contributed by atoms with van der Waals surface area (Å²) in [5.41, 5.74) is 0. The van der Waals surface area contributed by atoms with Gasteiger partial charge in [0.25, 0.3) is 0 Å². The van der Waals surface area contributed by atoms with Crippen LogP contribution in [-0.4, -0.2) is 88.4 Å². The number of hydrogen-bond donors (Lipinski definition) is 0. The number of rotatable bonds is 18. The summed E-state index contributed by atoms with van der Waals surface area (Å²) in [7, 11) is -0.852. The summed E-state index contributed by atoms with van der Waals surface area (Å²) in [6, 6.07) is 1.67. The largest absolute Gasteiger partial charge is 0.370 e. The zero-order valence-corrected chi connectivity index (χ0v) is 24.6. The first kappa shape index (κ1) is 32.2. The number of hydrogen-bond acceptors (Lipinski definition) is 6. The van der Waals surface area contributed by atoms with E-state index in [0.29, 0.717) is 49.9 Å². The SMILES string of the molecule is CC[N+](CC)(CC)CC(=O)SCOCCCOP(N(C(C)C)C(C)C)N(C(C)C)C(C)C. The molecule has 0 amide bonds. The second-order valence-corrected chi connectivity index (χ2v) is 12.2. The van der Waals surface area contributed by atoms with E-state index in [4.69, 9.17) is 9.26 Å². The summed E-state index contributed by atoms with van der Waals surface area (Å²) >= 11 is 1.31. The van der Waals surface area contributed by atoms with Gasteiger partial charge in [0.2, 0.25) is 5.12 Å². The summed E-state index contributed by atoms with van der Waals surface area (Å²) in [5.74, 6) is 0.430. The molecule has 0 rings (SSSR count). The third-order valence-electron chi connectivity index (χ3n) is 5.93. The molecule has 0 unspecified atom stereocenters. The van der Waals surface area contributed by atoms with Crippen LogP contribution in [0, 0.1) is 0 Å². The maximum atomic E-state index is 12.4. The van der Waals surface area contributed by atoms with Crippen molar-refractivity contribution in [2.24, 2.45) is 0 Å². The molecule has 0 aliphatic rings. The second-order valence-electron chi connectivity index (χ2n) is 9.57. The van der Waals surface area contributed by atoms with E-state index in [0.717, 1.165) is 30.5 Å². The van der Waals surface area contributed by atoms with Gasteiger partial charge in [-0.3, -0.25) is 4.79 Å². The topological polar surface area (TPSA) is 42.0 Å². The van der Waals surface area contributed by atoms with E-state index in [-0.39, 0.29) is 5.12 Å². The number of ether oxygens (including phenoxy) is 1. The highest BCUT2D eigenvalue weighted by molar-refractivity contribution is 8.13. The highest BCUT2D eigenvalue weighted by Crippen LogP contribution is 2.50. The minimum Gasteiger partial charge on any atom is -0.370 e. The van der Waals surface area contributed by atoms with Crippen molar-refractivity contribution < 1.29 is 18.5 Å². The molecule has 0 atom stereocenters. The van der Waals surface area contributed by atoms with Crippen molar-refractivity contribution in [2.45, 2.75) is 107 Å². The zero-order valence-electron chi connectivity index (χ0n) is 22.9. The molecule has 0 bridgehead atoms. The van der Waals surface area contributed by atoms with Gasteiger partial charge < -0.3 is 13.7 Å². The molecule has 0 heterocycles. The van der Waals surface area contributed by atoms with Crippen molar-refractivity contribution in [3.63, 3.8) is 0 Å². The Labute approximate surface area is 205 Å². The molecule has 0 spiro atoms. The summed E-state index contributed by atoms with van der Waals surface area (Å²) < 4.78 is 18.1. The molecule has 8 heteroatoms. The monoisotopic (exact) mass is 494 g/mol. The van der Waals surface area contributed by atoms with E-state index in [2.05, 4.69) is 85.5 Å². The Hall–Kier alpha value is 0.250. The van der Waals surface area contributed by atoms with E-state index in [9.17, 15) is 4.79 Å². The number of thioether (sulfide) groups is 1. The van der Waals surface area contributed by atoms with Gasteiger partial charge in [-0.05, 0) is 82.6 Å². The number of carbonyl (C=O) groups excluding carboxylic acids is 1. The summed E-state index contributed by atoms with van der Waals surface area (Å²) in [4.78, 5) is 12.4. The molecule has 192 valence electrons. The first-order valence-electron chi connectivity index (χ1n) is 12.5. The Morgan fingerprint density at radius 1 is 0.812 bits per heavy atom. The van der Waals surface area contributed by atoms with Gasteiger partial charge in [-0.25, -0.2) is 9.34 Å². The molecule has 0 radical (unpaired) electrons. The molecular formula is C24H53N3O3PS+. The third kappa shape index (κ3) is 11.1. The van der Waals surface area contributed by atoms with E-state index in [1.807, 2.05) is 0 Å². The van der Waals surface area contributed by atoms with Gasteiger partial charge in [0.1, 0.15) is 6.54 Å². The van der Waals surface area contributed by atoms with Gasteiger partial charge in [-0.1, -0.05) is 11.8 Å². The minimum absolute atomic E-state index is 0.226. The number of carbonyl (C=O) groups is 1. The number of likely N-dealkylation sites (N-methyl/N-ethyl adjacent to an activating group) is 1. The maximum absolute atomic E-state index is 12.4. The normalized spacial score (nSPS) is 13.2. The van der Waals surface area contributed by atoms with Gasteiger partial charge in [-0.15, -0.1) is 0 Å². The van der Waals surface area contributed by atoms with Crippen LogP contribution in [0.3, 0.4) is 0 Å². The highest BCUT2D eigenvalue weighted by Gasteiger charge is 2.34. The molecule has 0 aliphatic carbocycles. The number of nitrogens with zero attached hydrogens (tertiary/aromatic N) is 3. The molecule has 0 aromatic rings. The quantitative estimate of drug-likeness (QED) is 0.101. The lowest BCUT2D eigenvalue weighted by atomic mass is 10.3. The standard InChI is InChI=1S/C24H53N3O3PS/c1-12-27(13-2,14-3)18-24(28)32-19-29-16-15-17-30-31(25(20(4)5)21(6)7)26(22(8)9)23(10)11/h20-23H,12-19H2,1-11H3/q+1. The Kier molecular flexibility index (Phi) is 16.9. The molecule has 0 fully saturated rings. The van der Waals surface area contributed by atoms with Crippen LogP contribution in [0.4, 0.5) is 0 Å². The molecule has 0 aromatic carbocycles. The van der Waals surface area contributed by atoms with Crippen LogP contribution in [0.25, 0.3) is 0 Å². The van der Waals surface area contributed by atoms with E-state index < -0.39 is 8.45 Å². The van der Waals surface area contributed by atoms with Crippen LogP contribution in [0.5, 0.6) is 0 Å². The van der Waals surface area contributed by atoms with Crippen LogP contribution in [0.1, 0.15) is 82.6 Å². The maximum Gasteiger partial charge on any atom is 0.245 e. The molecule has 0 saturated heterocycles. The lowest BCUT2D eigenvalue weighted by Crippen LogP contribution is -2.50. The van der Waals surface area contributed by atoms with Crippen molar-refractivity contribution in [3.05, 3.63) is 0 Å². The number of quaternary nitrogens is 1. The second kappa shape index (κ2) is 16.8. The molecular weight excluding hydrogens is 441 g/mol. The molecule has 0 N–H and O–H groups in total. The van der Waals surface area contributed by atoms with E-state index in [1.165, 1.54) is 11.8 Å². The van der Waals surface area contributed by atoms with Crippen molar-refractivity contribution in [1.29, 1.82) is 0 Å². The lowest BCUT2D eigenvalue weighted by Gasteiger charge is -2.45. The van der Waals surface area contributed by atoms with Gasteiger partial charge in [-0.2, -0.15) is 0 Å². The highest BCUT2D eigenvalue weighted by atomic mass is 32.2. The van der Waals surface area contributed by atoms with Crippen molar-refractivity contribution >= 4 is 25.3 Å². The molecule has 32 heavy (non-hydrogen) atoms. The lowest BCUT2D eigenvalue weighted by molar-refractivity contribution is -0.915. The van der Waals surface area contributed by atoms with Crippen LogP contribution < -0.4 is 0 Å². The Balaban J connectivity index is 4.62. The molecule has 0 saturated carbocycles. The van der Waals surface area contributed by atoms with E-state index >= 15 is 0 Å². The predicted molar refractivity (Wildman–Crippen MR) is 142 cm³/mol. The first-order chi connectivity index (χ1) is 15.0. The first-order valence-corrected chi connectivity index (χ1v) is 14.7. The van der Waals surface area contributed by atoms with Crippen molar-refractivity contribution in [2.75, 3.05) is 45.3 Å². The Morgan fingerprint density at radius 3 is 1.62 bits per heavy atom. The Morgan fingerprint density at radius 2 is 1.25 bits per heavy atom. The molecule has 6 nitrogen and oxygen atoms in total. The zero-order chi connectivity index (χ0) is 24.9. The summed E-state index contributed by atoms with van der Waals surface area (Å²) in [5, 5.41) is 0.226. The van der Waals surface area contributed by atoms with Gasteiger partial charge in [0, 0.05) is 30.8 Å². The third-order valence-corrected chi connectivity index (χ3v) is 9.72. The fourth-order valence-electron chi connectivity index (χ4n) is 4.03. The summed E-state index contributed by atoms with van der Waals surface area (Å²) in [6.07, 6.45) is 0.834. The fourth-order valence-corrected chi connectivity index (χ4v) is 7.11. The predicted octanol–water partition coefficient (Wildman–Crippen LogP) is 5.97. The average molecular weight is 495 g/mol. The van der Waals surface area contributed by atoms with E-state index in [1.54, 1.807) is 0 Å².